The molecule has 284 valence electrons. The predicted octanol–water partition coefficient (Wildman–Crippen LogP) is 13.4. The average molecular weight is 705 g/mol. The fraction of sp³-hybridized carbons (Fsp3) is 0.480. The summed E-state index contributed by atoms with van der Waals surface area (Å²) in [5.41, 5.74) is 10.2. The summed E-state index contributed by atoms with van der Waals surface area (Å²) >= 11 is 0. The third kappa shape index (κ3) is 14.5. The Balaban J connectivity index is 1.94. The number of aliphatic hydroxyl groups is 2. The van der Waals surface area contributed by atoms with E-state index in [4.69, 9.17) is 0 Å². The van der Waals surface area contributed by atoms with Crippen LogP contribution >= 0.6 is 0 Å². The van der Waals surface area contributed by atoms with Crippen molar-refractivity contribution < 1.29 is 10.2 Å². The van der Waals surface area contributed by atoms with Gasteiger partial charge in [-0.15, -0.1) is 0 Å². The zero-order chi connectivity index (χ0) is 38.9. The molecule has 2 aliphatic rings. The summed E-state index contributed by atoms with van der Waals surface area (Å²) in [6, 6.07) is 0. The maximum atomic E-state index is 9.41. The van der Waals surface area contributed by atoms with Gasteiger partial charge in [0.15, 0.2) is 0 Å². The highest BCUT2D eigenvalue weighted by Gasteiger charge is 2.39. The van der Waals surface area contributed by atoms with Gasteiger partial charge >= 0.3 is 0 Å². The van der Waals surface area contributed by atoms with Crippen LogP contribution in [0.25, 0.3) is 0 Å². The lowest BCUT2D eigenvalue weighted by atomic mass is 9.61. The number of rotatable bonds is 16. The van der Waals surface area contributed by atoms with Crippen LogP contribution in [0.5, 0.6) is 0 Å². The lowest BCUT2D eigenvalue weighted by Crippen LogP contribution is -2.35. The van der Waals surface area contributed by atoms with Crippen LogP contribution in [0.15, 0.2) is 154 Å². The Bertz CT molecular complexity index is 1460. The van der Waals surface area contributed by atoms with Gasteiger partial charge < -0.3 is 10.2 Å². The largest absolute Gasteiger partial charge is 0.392 e. The minimum Gasteiger partial charge on any atom is -0.392 e. The number of hydrogen-bond donors (Lipinski definition) is 2. The molecular formula is C50H72O2. The van der Waals surface area contributed by atoms with Crippen LogP contribution < -0.4 is 0 Å². The number of allylic oxidation sites excluding steroid dienone is 24. The van der Waals surface area contributed by atoms with Crippen LogP contribution in [-0.2, 0) is 0 Å². The highest BCUT2D eigenvalue weighted by Crippen LogP contribution is 2.48. The van der Waals surface area contributed by atoms with Crippen LogP contribution in [0.3, 0.4) is 0 Å². The molecule has 0 aromatic rings. The minimum absolute atomic E-state index is 0.144. The van der Waals surface area contributed by atoms with E-state index in [1.807, 2.05) is 13.8 Å². The van der Waals surface area contributed by atoms with Crippen molar-refractivity contribution in [2.45, 2.75) is 109 Å². The second-order valence-corrected chi connectivity index (χ2v) is 16.7. The maximum Gasteiger partial charge on any atom is 0.0639 e. The molecule has 0 aromatic carbocycles. The molecule has 0 aromatic heterocycles. The zero-order valence-corrected chi connectivity index (χ0v) is 34.8. The Hall–Kier alpha value is -3.46. The van der Waals surface area contributed by atoms with Gasteiger partial charge in [0, 0.05) is 11.8 Å². The van der Waals surface area contributed by atoms with Gasteiger partial charge in [-0.3, -0.25) is 0 Å². The van der Waals surface area contributed by atoms with Crippen LogP contribution in [0.4, 0.5) is 0 Å². The minimum atomic E-state index is 0.144. The molecule has 0 heterocycles. The van der Waals surface area contributed by atoms with E-state index in [-0.39, 0.29) is 24.0 Å². The first-order valence-electron chi connectivity index (χ1n) is 19.5. The van der Waals surface area contributed by atoms with E-state index in [0.717, 1.165) is 36.8 Å². The quantitative estimate of drug-likeness (QED) is 0.124. The first-order valence-corrected chi connectivity index (χ1v) is 19.5. The SMILES string of the molecule is CC1=CC[C@@H](C/C=C(/C)CO)C(C)(C)[C@@H]1/C=C/C(C)=C/C=C/C(C)=C/C=C/C=C(C)/C=C/C=C(C)/C=C/[C@@H]1C(C)=CC[C@@H](C/C=C(\C)CO)C1(C)C. The van der Waals surface area contributed by atoms with E-state index in [1.54, 1.807) is 0 Å². The highest BCUT2D eigenvalue weighted by atomic mass is 16.3. The zero-order valence-electron chi connectivity index (χ0n) is 34.8. The van der Waals surface area contributed by atoms with E-state index in [2.05, 4.69) is 179 Å². The first-order chi connectivity index (χ1) is 24.5. The molecule has 52 heavy (non-hydrogen) atoms. The molecule has 0 radical (unpaired) electrons. The van der Waals surface area contributed by atoms with Gasteiger partial charge in [-0.25, -0.2) is 0 Å². The second-order valence-electron chi connectivity index (χ2n) is 16.7. The molecule has 4 atom stereocenters. The van der Waals surface area contributed by atoms with Crippen molar-refractivity contribution >= 4 is 0 Å². The normalized spacial score (nSPS) is 25.7. The van der Waals surface area contributed by atoms with Crippen LogP contribution in [0.2, 0.25) is 0 Å². The first kappa shape index (κ1) is 44.7. The smallest absolute Gasteiger partial charge is 0.0639 e. The van der Waals surface area contributed by atoms with Crippen molar-refractivity contribution in [3.05, 3.63) is 154 Å². The Labute approximate surface area is 319 Å². The van der Waals surface area contributed by atoms with Gasteiger partial charge in [-0.1, -0.05) is 182 Å². The second kappa shape index (κ2) is 21.9. The standard InChI is InChI=1S/C50H72O2/c1-37(19-15-21-39(3)25-33-47-43(7)27-31-45(49(47,9)10)29-23-41(5)35-51)17-13-14-18-38(2)20-16-22-40(4)26-34-48-44(8)28-32-46(50(48,11)12)30-24-42(6)36-52/h13-28,33-34,45-48,51-52H,29-32,35-36H2,1-12H3/b14-13+,19-15+,20-16+,33-25+,34-26+,37-17+,38-18+,39-21+,40-22+,41-23-,42-24+/t45-,46-,47-,48-/m1/s1. The number of aliphatic hydroxyl groups excluding tert-OH is 2. The Kier molecular flexibility index (Phi) is 18.8. The molecule has 0 fully saturated rings. The molecule has 0 amide bonds. The molecule has 0 saturated carbocycles. The highest BCUT2D eigenvalue weighted by molar-refractivity contribution is 5.33. The number of hydrogen-bond acceptors (Lipinski definition) is 2. The molecule has 0 spiro atoms. The fourth-order valence-electron chi connectivity index (χ4n) is 7.45. The van der Waals surface area contributed by atoms with Crippen molar-refractivity contribution in [3.8, 4) is 0 Å². The van der Waals surface area contributed by atoms with E-state index < -0.39 is 0 Å². The van der Waals surface area contributed by atoms with Crippen molar-refractivity contribution in [2.24, 2.45) is 34.5 Å². The summed E-state index contributed by atoms with van der Waals surface area (Å²) in [6.45, 7) is 27.0. The lowest BCUT2D eigenvalue weighted by Gasteiger charge is -2.43. The van der Waals surface area contributed by atoms with Crippen LogP contribution in [0, 0.1) is 34.5 Å². The fourth-order valence-corrected chi connectivity index (χ4v) is 7.45. The topological polar surface area (TPSA) is 40.5 Å². The Morgan fingerprint density at radius 3 is 1.23 bits per heavy atom. The molecule has 2 nitrogen and oxygen atoms in total. The lowest BCUT2D eigenvalue weighted by molar-refractivity contribution is 0.154. The van der Waals surface area contributed by atoms with Crippen molar-refractivity contribution in [1.82, 2.24) is 0 Å². The van der Waals surface area contributed by atoms with Gasteiger partial charge in [0.2, 0.25) is 0 Å². The average Bonchev–Trinajstić information content (AvgIpc) is 3.08. The van der Waals surface area contributed by atoms with E-state index in [0.29, 0.717) is 23.7 Å². The summed E-state index contributed by atoms with van der Waals surface area (Å²) in [4.78, 5) is 0. The van der Waals surface area contributed by atoms with E-state index in [1.165, 1.54) is 33.4 Å². The molecular weight excluding hydrogens is 633 g/mol. The molecule has 2 aliphatic carbocycles. The molecule has 0 bridgehead atoms. The summed E-state index contributed by atoms with van der Waals surface area (Å²) in [5, 5.41) is 18.8. The molecule has 2 N–H and O–H groups in total. The molecule has 0 saturated heterocycles. The van der Waals surface area contributed by atoms with E-state index >= 15 is 0 Å². The summed E-state index contributed by atoms with van der Waals surface area (Å²) < 4.78 is 0. The van der Waals surface area contributed by atoms with Crippen LogP contribution in [0.1, 0.15) is 109 Å². The van der Waals surface area contributed by atoms with Gasteiger partial charge in [-0.2, -0.15) is 0 Å². The third-order valence-corrected chi connectivity index (χ3v) is 11.5. The van der Waals surface area contributed by atoms with Crippen molar-refractivity contribution in [1.29, 1.82) is 0 Å². The summed E-state index contributed by atoms with van der Waals surface area (Å²) in [7, 11) is 0. The Morgan fingerprint density at radius 1 is 0.558 bits per heavy atom. The van der Waals surface area contributed by atoms with Crippen molar-refractivity contribution in [2.75, 3.05) is 13.2 Å². The van der Waals surface area contributed by atoms with Gasteiger partial charge in [0.25, 0.3) is 0 Å². The molecule has 2 heteroatoms. The Morgan fingerprint density at radius 2 is 0.885 bits per heavy atom. The summed E-state index contributed by atoms with van der Waals surface area (Å²) in [5.74, 6) is 1.94. The molecule has 0 unspecified atom stereocenters. The predicted molar refractivity (Wildman–Crippen MR) is 230 cm³/mol. The molecule has 0 aliphatic heterocycles. The van der Waals surface area contributed by atoms with Crippen molar-refractivity contribution in [3.63, 3.8) is 0 Å². The summed E-state index contributed by atoms with van der Waals surface area (Å²) in [6.07, 6.45) is 44.2. The molecule has 2 rings (SSSR count). The van der Waals surface area contributed by atoms with E-state index in [9.17, 15) is 10.2 Å². The maximum absolute atomic E-state index is 9.41. The monoisotopic (exact) mass is 705 g/mol. The third-order valence-electron chi connectivity index (χ3n) is 11.5. The van der Waals surface area contributed by atoms with Crippen LogP contribution in [-0.4, -0.2) is 23.4 Å². The van der Waals surface area contributed by atoms with Gasteiger partial charge in [0.1, 0.15) is 0 Å². The van der Waals surface area contributed by atoms with Gasteiger partial charge in [-0.05, 0) is 104 Å². The van der Waals surface area contributed by atoms with Gasteiger partial charge in [0.05, 0.1) is 13.2 Å².